The van der Waals surface area contributed by atoms with Gasteiger partial charge in [0.2, 0.25) is 0 Å². The van der Waals surface area contributed by atoms with Gasteiger partial charge in [0.05, 0.1) is 12.7 Å². The van der Waals surface area contributed by atoms with Crippen molar-refractivity contribution in [3.8, 4) is 0 Å². The topological polar surface area (TPSA) is 72.9 Å². The fourth-order valence-corrected chi connectivity index (χ4v) is 1.81. The van der Waals surface area contributed by atoms with Gasteiger partial charge in [0.25, 0.3) is 5.91 Å². The Balaban J connectivity index is 1.95. The minimum atomic E-state index is -0.474. The predicted octanol–water partition coefficient (Wildman–Crippen LogP) is 1.65. The Morgan fingerprint density at radius 2 is 2.20 bits per heavy atom. The first kappa shape index (κ1) is 14.0. The molecule has 0 bridgehead atoms. The highest BCUT2D eigenvalue weighted by atomic mass is 19.1. The van der Waals surface area contributed by atoms with Gasteiger partial charge in [-0.1, -0.05) is 0 Å². The van der Waals surface area contributed by atoms with Gasteiger partial charge >= 0.3 is 0 Å². The Hall–Kier alpha value is -2.37. The minimum Gasteiger partial charge on any atom is -0.398 e. The zero-order chi connectivity index (χ0) is 14.7. The van der Waals surface area contributed by atoms with E-state index in [0.717, 1.165) is 5.56 Å². The summed E-state index contributed by atoms with van der Waals surface area (Å²) in [5.41, 5.74) is 7.56. The standard InChI is InChI=1S/C14H17FN4O/c1-9-7-18-19(8-9)4-3-17-14(20)11-5-12(15)10(2)13(16)6-11/h5-8H,3-4,16H2,1-2H3,(H,17,20). The van der Waals surface area contributed by atoms with E-state index in [1.807, 2.05) is 13.1 Å². The summed E-state index contributed by atoms with van der Waals surface area (Å²) in [5.74, 6) is -0.822. The molecular weight excluding hydrogens is 259 g/mol. The highest BCUT2D eigenvalue weighted by molar-refractivity contribution is 5.95. The van der Waals surface area contributed by atoms with E-state index in [4.69, 9.17) is 5.73 Å². The Labute approximate surface area is 116 Å². The molecule has 0 saturated heterocycles. The Morgan fingerprint density at radius 3 is 2.80 bits per heavy atom. The van der Waals surface area contributed by atoms with Crippen molar-refractivity contribution in [2.75, 3.05) is 12.3 Å². The second-order valence-corrected chi connectivity index (χ2v) is 4.71. The molecule has 1 aromatic heterocycles. The molecule has 1 heterocycles. The zero-order valence-corrected chi connectivity index (χ0v) is 11.5. The first-order valence-electron chi connectivity index (χ1n) is 6.30. The highest BCUT2D eigenvalue weighted by Crippen LogP contribution is 2.17. The predicted molar refractivity (Wildman–Crippen MR) is 74.8 cm³/mol. The van der Waals surface area contributed by atoms with Crippen LogP contribution < -0.4 is 11.1 Å². The van der Waals surface area contributed by atoms with Gasteiger partial charge in [-0.05, 0) is 31.5 Å². The molecule has 106 valence electrons. The lowest BCUT2D eigenvalue weighted by Crippen LogP contribution is -2.27. The Bertz CT molecular complexity index is 613. The van der Waals surface area contributed by atoms with E-state index in [-0.39, 0.29) is 17.2 Å². The van der Waals surface area contributed by atoms with Gasteiger partial charge in [0.1, 0.15) is 5.82 Å². The van der Waals surface area contributed by atoms with Gasteiger partial charge in [-0.3, -0.25) is 9.48 Å². The normalized spacial score (nSPS) is 10.6. The molecule has 0 atom stereocenters. The summed E-state index contributed by atoms with van der Waals surface area (Å²) in [7, 11) is 0. The van der Waals surface area contributed by atoms with Crippen molar-refractivity contribution in [2.24, 2.45) is 0 Å². The summed E-state index contributed by atoms with van der Waals surface area (Å²) < 4.78 is 15.3. The van der Waals surface area contributed by atoms with E-state index in [0.29, 0.717) is 18.7 Å². The molecule has 5 nitrogen and oxygen atoms in total. The van der Waals surface area contributed by atoms with Crippen LogP contribution in [0.5, 0.6) is 0 Å². The van der Waals surface area contributed by atoms with E-state index in [1.54, 1.807) is 17.8 Å². The van der Waals surface area contributed by atoms with Crippen LogP contribution in [0.3, 0.4) is 0 Å². The van der Waals surface area contributed by atoms with Gasteiger partial charge < -0.3 is 11.1 Å². The zero-order valence-electron chi connectivity index (χ0n) is 11.5. The van der Waals surface area contributed by atoms with Crippen LogP contribution in [0.1, 0.15) is 21.5 Å². The first-order valence-corrected chi connectivity index (χ1v) is 6.30. The third-order valence-electron chi connectivity index (χ3n) is 3.04. The van der Waals surface area contributed by atoms with Crippen LogP contribution in [0.4, 0.5) is 10.1 Å². The number of amides is 1. The number of aryl methyl sites for hydroxylation is 1. The summed E-state index contributed by atoms with van der Waals surface area (Å²) in [4.78, 5) is 11.9. The fourth-order valence-electron chi connectivity index (χ4n) is 1.81. The lowest BCUT2D eigenvalue weighted by molar-refractivity contribution is 0.0951. The van der Waals surface area contributed by atoms with Gasteiger partial charge in [0, 0.05) is 29.6 Å². The number of nitrogen functional groups attached to an aromatic ring is 1. The van der Waals surface area contributed by atoms with Gasteiger partial charge in [0.15, 0.2) is 0 Å². The van der Waals surface area contributed by atoms with Crippen molar-refractivity contribution in [3.63, 3.8) is 0 Å². The summed E-state index contributed by atoms with van der Waals surface area (Å²) >= 11 is 0. The number of anilines is 1. The highest BCUT2D eigenvalue weighted by Gasteiger charge is 2.10. The quantitative estimate of drug-likeness (QED) is 0.834. The lowest BCUT2D eigenvalue weighted by Gasteiger charge is -2.08. The smallest absolute Gasteiger partial charge is 0.251 e. The van der Waals surface area contributed by atoms with E-state index < -0.39 is 5.82 Å². The molecule has 20 heavy (non-hydrogen) atoms. The monoisotopic (exact) mass is 276 g/mol. The second-order valence-electron chi connectivity index (χ2n) is 4.71. The van der Waals surface area contributed by atoms with Crippen LogP contribution in [0, 0.1) is 19.7 Å². The maximum absolute atomic E-state index is 13.5. The molecule has 0 aliphatic carbocycles. The number of nitrogens with two attached hydrogens (primary N) is 1. The number of rotatable bonds is 4. The van der Waals surface area contributed by atoms with Gasteiger partial charge in [-0.25, -0.2) is 4.39 Å². The van der Waals surface area contributed by atoms with Gasteiger partial charge in [-0.15, -0.1) is 0 Å². The van der Waals surface area contributed by atoms with Crippen molar-refractivity contribution in [2.45, 2.75) is 20.4 Å². The summed E-state index contributed by atoms with van der Waals surface area (Å²) in [6.45, 7) is 4.49. The maximum atomic E-state index is 13.5. The number of nitrogens with one attached hydrogen (secondary N) is 1. The largest absolute Gasteiger partial charge is 0.398 e. The molecule has 0 radical (unpaired) electrons. The minimum absolute atomic E-state index is 0.224. The number of carbonyl (C=O) groups excluding carboxylic acids is 1. The van der Waals surface area contributed by atoms with E-state index in [9.17, 15) is 9.18 Å². The molecule has 0 fully saturated rings. The van der Waals surface area contributed by atoms with Crippen LogP contribution in [0.15, 0.2) is 24.5 Å². The third-order valence-corrected chi connectivity index (χ3v) is 3.04. The number of aromatic nitrogens is 2. The van der Waals surface area contributed by atoms with E-state index >= 15 is 0 Å². The number of hydrogen-bond acceptors (Lipinski definition) is 3. The van der Waals surface area contributed by atoms with Crippen LogP contribution in [0.25, 0.3) is 0 Å². The van der Waals surface area contributed by atoms with Crippen molar-refractivity contribution in [3.05, 3.63) is 47.0 Å². The van der Waals surface area contributed by atoms with Gasteiger partial charge in [-0.2, -0.15) is 5.10 Å². The molecule has 0 saturated carbocycles. The molecule has 0 aliphatic heterocycles. The van der Waals surface area contributed by atoms with Crippen molar-refractivity contribution < 1.29 is 9.18 Å². The molecule has 3 N–H and O–H groups in total. The summed E-state index contributed by atoms with van der Waals surface area (Å²) in [5, 5.41) is 6.82. The number of halogens is 1. The number of carbonyl (C=O) groups is 1. The molecule has 0 aliphatic rings. The number of hydrogen-bond donors (Lipinski definition) is 2. The van der Waals surface area contributed by atoms with Crippen LogP contribution in [-0.4, -0.2) is 22.2 Å². The average Bonchev–Trinajstić information content (AvgIpc) is 2.81. The molecule has 2 rings (SSSR count). The first-order chi connectivity index (χ1) is 9.47. The van der Waals surface area contributed by atoms with Crippen LogP contribution in [-0.2, 0) is 6.54 Å². The second kappa shape index (κ2) is 5.73. The van der Waals surface area contributed by atoms with Crippen LogP contribution >= 0.6 is 0 Å². The fraction of sp³-hybridized carbons (Fsp3) is 0.286. The number of benzene rings is 1. The molecule has 1 amide bonds. The Kier molecular flexibility index (Phi) is 4.02. The third kappa shape index (κ3) is 3.14. The van der Waals surface area contributed by atoms with Crippen LogP contribution in [0.2, 0.25) is 0 Å². The molecule has 6 heteroatoms. The number of nitrogens with zero attached hydrogens (tertiary/aromatic N) is 2. The molecule has 0 spiro atoms. The SMILES string of the molecule is Cc1cnn(CCNC(=O)c2cc(N)c(C)c(F)c2)c1. The summed E-state index contributed by atoms with van der Waals surface area (Å²) in [6, 6.07) is 2.67. The molecule has 0 unspecified atom stereocenters. The molecule has 2 aromatic rings. The van der Waals surface area contributed by atoms with E-state index in [2.05, 4.69) is 10.4 Å². The van der Waals surface area contributed by atoms with Crippen molar-refractivity contribution in [1.29, 1.82) is 0 Å². The lowest BCUT2D eigenvalue weighted by atomic mass is 10.1. The Morgan fingerprint density at radius 1 is 1.45 bits per heavy atom. The van der Waals surface area contributed by atoms with Crippen molar-refractivity contribution >= 4 is 11.6 Å². The van der Waals surface area contributed by atoms with E-state index in [1.165, 1.54) is 12.1 Å². The maximum Gasteiger partial charge on any atom is 0.251 e. The van der Waals surface area contributed by atoms with Crippen molar-refractivity contribution in [1.82, 2.24) is 15.1 Å². The summed E-state index contributed by atoms with van der Waals surface area (Å²) in [6.07, 6.45) is 3.63. The molecule has 1 aromatic carbocycles. The average molecular weight is 276 g/mol. The molecular formula is C14H17FN4O.